The van der Waals surface area contributed by atoms with Crippen LogP contribution in [0, 0.1) is 13.8 Å². The summed E-state index contributed by atoms with van der Waals surface area (Å²) in [6.07, 6.45) is 0.934. The third-order valence-corrected chi connectivity index (χ3v) is 3.55. The smallest absolute Gasteiger partial charge is 0.150 e. The van der Waals surface area contributed by atoms with E-state index >= 15 is 0 Å². The molecular weight excluding hydrogens is 232 g/mol. The fraction of sp³-hybridized carbons (Fsp3) is 0.278. The number of benzene rings is 2. The van der Waals surface area contributed by atoms with E-state index in [0.717, 1.165) is 17.4 Å². The Kier molecular flexibility index (Phi) is 3.84. The van der Waals surface area contributed by atoms with Crippen molar-refractivity contribution in [1.29, 1.82) is 0 Å². The fourth-order valence-electron chi connectivity index (χ4n) is 2.49. The van der Waals surface area contributed by atoms with Crippen molar-refractivity contribution in [3.63, 3.8) is 0 Å². The highest BCUT2D eigenvalue weighted by atomic mass is 16.1. The quantitative estimate of drug-likeness (QED) is 0.710. The zero-order valence-electron chi connectivity index (χ0n) is 12.0. The molecular formula is C18H20O. The van der Waals surface area contributed by atoms with E-state index in [2.05, 4.69) is 52.0 Å². The third kappa shape index (κ3) is 2.76. The topological polar surface area (TPSA) is 17.1 Å². The number of hydrogen-bond donors (Lipinski definition) is 0. The lowest BCUT2D eigenvalue weighted by molar-refractivity contribution is 0.112. The molecule has 1 nitrogen and oxygen atoms in total. The highest BCUT2D eigenvalue weighted by Crippen LogP contribution is 2.30. The first-order valence-corrected chi connectivity index (χ1v) is 6.69. The summed E-state index contributed by atoms with van der Waals surface area (Å²) in [5.41, 5.74) is 6.85. The third-order valence-electron chi connectivity index (χ3n) is 3.55. The molecule has 0 aliphatic rings. The number of carbonyl (C=O) groups excluding carboxylic acids is 1. The van der Waals surface area contributed by atoms with Gasteiger partial charge in [0.15, 0.2) is 0 Å². The Bertz CT molecular complexity index is 589. The van der Waals surface area contributed by atoms with E-state index in [4.69, 9.17) is 0 Å². The summed E-state index contributed by atoms with van der Waals surface area (Å²) in [6, 6.07) is 12.5. The normalized spacial score (nSPS) is 10.8. The molecule has 0 heterocycles. The van der Waals surface area contributed by atoms with Crippen LogP contribution in [-0.4, -0.2) is 6.29 Å². The second-order valence-corrected chi connectivity index (χ2v) is 5.43. The van der Waals surface area contributed by atoms with E-state index in [9.17, 15) is 4.79 Å². The van der Waals surface area contributed by atoms with Gasteiger partial charge < -0.3 is 0 Å². The summed E-state index contributed by atoms with van der Waals surface area (Å²) < 4.78 is 0. The van der Waals surface area contributed by atoms with Gasteiger partial charge in [0.05, 0.1) is 0 Å². The Labute approximate surface area is 115 Å². The first kappa shape index (κ1) is 13.5. The lowest BCUT2D eigenvalue weighted by atomic mass is 9.91. The lowest BCUT2D eigenvalue weighted by Crippen LogP contribution is -1.95. The Morgan fingerprint density at radius 3 is 2.16 bits per heavy atom. The molecule has 1 heteroatoms. The second-order valence-electron chi connectivity index (χ2n) is 5.43. The number of aryl methyl sites for hydroxylation is 2. The average molecular weight is 252 g/mol. The fourth-order valence-corrected chi connectivity index (χ4v) is 2.49. The second kappa shape index (κ2) is 5.40. The van der Waals surface area contributed by atoms with Crippen molar-refractivity contribution < 1.29 is 4.79 Å². The Hall–Kier alpha value is -1.89. The Morgan fingerprint density at radius 1 is 1.00 bits per heavy atom. The van der Waals surface area contributed by atoms with Crippen LogP contribution >= 0.6 is 0 Å². The van der Waals surface area contributed by atoms with E-state index in [1.54, 1.807) is 0 Å². The van der Waals surface area contributed by atoms with Crippen LogP contribution in [0.2, 0.25) is 0 Å². The van der Waals surface area contributed by atoms with Crippen molar-refractivity contribution in [3.05, 3.63) is 58.7 Å². The first-order valence-electron chi connectivity index (χ1n) is 6.69. The molecule has 0 spiro atoms. The van der Waals surface area contributed by atoms with Crippen LogP contribution in [0.25, 0.3) is 11.1 Å². The van der Waals surface area contributed by atoms with Crippen LogP contribution in [0.15, 0.2) is 36.4 Å². The van der Waals surface area contributed by atoms with Crippen molar-refractivity contribution in [3.8, 4) is 11.1 Å². The van der Waals surface area contributed by atoms with Gasteiger partial charge in [0.2, 0.25) is 0 Å². The van der Waals surface area contributed by atoms with Gasteiger partial charge in [-0.05, 0) is 59.7 Å². The van der Waals surface area contributed by atoms with E-state index in [-0.39, 0.29) is 0 Å². The molecule has 0 saturated heterocycles. The Morgan fingerprint density at radius 2 is 1.63 bits per heavy atom. The monoisotopic (exact) mass is 252 g/mol. The maximum Gasteiger partial charge on any atom is 0.150 e. The highest BCUT2D eigenvalue weighted by molar-refractivity contribution is 5.81. The van der Waals surface area contributed by atoms with Gasteiger partial charge in [-0.2, -0.15) is 0 Å². The van der Waals surface area contributed by atoms with Crippen LogP contribution in [-0.2, 0) is 0 Å². The molecule has 0 aromatic heterocycles. The number of rotatable bonds is 3. The van der Waals surface area contributed by atoms with Crippen molar-refractivity contribution in [2.45, 2.75) is 33.6 Å². The van der Waals surface area contributed by atoms with Crippen molar-refractivity contribution in [1.82, 2.24) is 0 Å². The van der Waals surface area contributed by atoms with E-state index < -0.39 is 0 Å². The van der Waals surface area contributed by atoms with Crippen LogP contribution in [0.1, 0.15) is 46.8 Å². The molecule has 98 valence electrons. The van der Waals surface area contributed by atoms with Gasteiger partial charge >= 0.3 is 0 Å². The van der Waals surface area contributed by atoms with Gasteiger partial charge in [-0.15, -0.1) is 0 Å². The lowest BCUT2D eigenvalue weighted by Gasteiger charge is -2.14. The summed E-state index contributed by atoms with van der Waals surface area (Å²) in [7, 11) is 0. The van der Waals surface area contributed by atoms with Crippen LogP contribution in [0.5, 0.6) is 0 Å². The largest absolute Gasteiger partial charge is 0.298 e. The van der Waals surface area contributed by atoms with Gasteiger partial charge in [0.1, 0.15) is 6.29 Å². The number of carbonyl (C=O) groups is 1. The van der Waals surface area contributed by atoms with Crippen molar-refractivity contribution >= 4 is 6.29 Å². The molecule has 0 aliphatic heterocycles. The van der Waals surface area contributed by atoms with Gasteiger partial charge in [-0.3, -0.25) is 4.79 Å². The number of hydrogen-bond acceptors (Lipinski definition) is 1. The maximum absolute atomic E-state index is 11.1. The predicted molar refractivity (Wildman–Crippen MR) is 80.8 cm³/mol. The molecule has 0 aliphatic carbocycles. The van der Waals surface area contributed by atoms with Gasteiger partial charge in [0.25, 0.3) is 0 Å². The van der Waals surface area contributed by atoms with E-state index in [1.165, 1.54) is 22.3 Å². The zero-order chi connectivity index (χ0) is 14.0. The summed E-state index contributed by atoms with van der Waals surface area (Å²) in [4.78, 5) is 11.1. The van der Waals surface area contributed by atoms with Crippen molar-refractivity contribution in [2.24, 2.45) is 0 Å². The van der Waals surface area contributed by atoms with E-state index in [1.807, 2.05) is 12.1 Å². The summed E-state index contributed by atoms with van der Waals surface area (Å²) in [5.74, 6) is 0.419. The summed E-state index contributed by atoms with van der Waals surface area (Å²) in [6.45, 7) is 8.53. The number of aldehydes is 1. The van der Waals surface area contributed by atoms with Gasteiger partial charge in [-0.25, -0.2) is 0 Å². The summed E-state index contributed by atoms with van der Waals surface area (Å²) >= 11 is 0. The minimum Gasteiger partial charge on any atom is -0.298 e. The van der Waals surface area contributed by atoms with Crippen LogP contribution < -0.4 is 0 Å². The molecule has 2 aromatic carbocycles. The minimum atomic E-state index is 0.419. The molecule has 0 amide bonds. The minimum absolute atomic E-state index is 0.419. The Balaban J connectivity index is 2.68. The molecule has 19 heavy (non-hydrogen) atoms. The van der Waals surface area contributed by atoms with Gasteiger partial charge in [-0.1, -0.05) is 38.1 Å². The van der Waals surface area contributed by atoms with Crippen molar-refractivity contribution in [2.75, 3.05) is 0 Å². The van der Waals surface area contributed by atoms with Gasteiger partial charge in [0, 0.05) is 5.56 Å². The van der Waals surface area contributed by atoms with E-state index in [0.29, 0.717) is 5.92 Å². The molecule has 2 rings (SSSR count). The molecule has 0 N–H and O–H groups in total. The molecule has 0 atom stereocenters. The molecule has 0 fully saturated rings. The standard InChI is InChI=1S/C18H20O/c1-12(2)16-8-15(11-19)9-17(10-16)18-13(3)6-5-7-14(18)4/h5-12H,1-4H3. The molecule has 0 bridgehead atoms. The zero-order valence-corrected chi connectivity index (χ0v) is 12.0. The predicted octanol–water partition coefficient (Wildman–Crippen LogP) is 4.91. The molecule has 0 unspecified atom stereocenters. The highest BCUT2D eigenvalue weighted by Gasteiger charge is 2.09. The SMILES string of the molecule is Cc1cccc(C)c1-c1cc(C=O)cc(C(C)C)c1. The average Bonchev–Trinajstić information content (AvgIpc) is 2.38. The molecule has 2 aromatic rings. The van der Waals surface area contributed by atoms with Crippen LogP contribution in [0.4, 0.5) is 0 Å². The van der Waals surface area contributed by atoms with Crippen LogP contribution in [0.3, 0.4) is 0 Å². The summed E-state index contributed by atoms with van der Waals surface area (Å²) in [5, 5.41) is 0. The molecule has 0 radical (unpaired) electrons. The maximum atomic E-state index is 11.1. The molecule has 0 saturated carbocycles. The first-order chi connectivity index (χ1) is 9.02.